The number of hydrogen-bond donors (Lipinski definition) is 0. The molecule has 20 heavy (non-hydrogen) atoms. The number of benzene rings is 1. The van der Waals surface area contributed by atoms with Gasteiger partial charge >= 0.3 is 0 Å². The van der Waals surface area contributed by atoms with E-state index in [1.165, 1.54) is 29.4 Å². The van der Waals surface area contributed by atoms with E-state index in [0.29, 0.717) is 5.75 Å². The largest absolute Gasteiger partial charge is 0.293 e. The number of fused-ring (bicyclic) bond motifs is 1. The lowest BCUT2D eigenvalue weighted by atomic mass is 10.2. The molecule has 3 nitrogen and oxygen atoms in total. The fourth-order valence-electron chi connectivity index (χ4n) is 2.49. The Balaban J connectivity index is 1.70. The average Bonchev–Trinajstić information content (AvgIpc) is 2.94. The summed E-state index contributed by atoms with van der Waals surface area (Å²) in [4.78, 5) is 21.1. The summed E-state index contributed by atoms with van der Waals surface area (Å²) in [6.07, 6.45) is 3.30. The van der Waals surface area contributed by atoms with E-state index in [1.54, 1.807) is 0 Å². The van der Waals surface area contributed by atoms with Gasteiger partial charge in [0.05, 0.1) is 5.75 Å². The van der Waals surface area contributed by atoms with Gasteiger partial charge in [-0.3, -0.25) is 4.79 Å². The smallest absolute Gasteiger partial charge is 0.188 e. The summed E-state index contributed by atoms with van der Waals surface area (Å²) < 4.78 is 0. The molecule has 0 radical (unpaired) electrons. The number of Topliss-reactive ketones (excluding diaryl/α,β-unsaturated/α-hetero) is 1. The Morgan fingerprint density at radius 1 is 1.20 bits per heavy atom. The van der Waals surface area contributed by atoms with Crippen LogP contribution in [0.4, 0.5) is 0 Å². The zero-order chi connectivity index (χ0) is 13.9. The first-order valence-corrected chi connectivity index (χ1v) is 7.80. The molecule has 0 unspecified atom stereocenters. The maximum Gasteiger partial charge on any atom is 0.188 e. The van der Waals surface area contributed by atoms with Crippen LogP contribution >= 0.6 is 11.8 Å². The summed E-state index contributed by atoms with van der Waals surface area (Å²) in [5.74, 6) is 0.514. The highest BCUT2D eigenvalue weighted by Crippen LogP contribution is 2.25. The molecule has 102 valence electrons. The van der Waals surface area contributed by atoms with Gasteiger partial charge in [0, 0.05) is 17.0 Å². The van der Waals surface area contributed by atoms with Crippen molar-refractivity contribution in [2.45, 2.75) is 31.3 Å². The topological polar surface area (TPSA) is 42.9 Å². The highest BCUT2D eigenvalue weighted by molar-refractivity contribution is 7.99. The molecule has 1 aromatic carbocycles. The zero-order valence-corrected chi connectivity index (χ0v) is 12.2. The van der Waals surface area contributed by atoms with Gasteiger partial charge in [-0.1, -0.05) is 42.1 Å². The average molecular weight is 284 g/mol. The molecule has 1 aliphatic rings. The first-order chi connectivity index (χ1) is 9.74. The molecule has 2 aromatic rings. The van der Waals surface area contributed by atoms with Crippen molar-refractivity contribution in [1.29, 1.82) is 0 Å². The lowest BCUT2D eigenvalue weighted by Gasteiger charge is -2.06. The summed E-state index contributed by atoms with van der Waals surface area (Å²) in [6.45, 7) is 2.04. The first-order valence-electron chi connectivity index (χ1n) is 6.81. The second-order valence-electron chi connectivity index (χ2n) is 4.95. The van der Waals surface area contributed by atoms with Crippen LogP contribution in [-0.4, -0.2) is 21.5 Å². The van der Waals surface area contributed by atoms with Gasteiger partial charge in [0.25, 0.3) is 0 Å². The van der Waals surface area contributed by atoms with Gasteiger partial charge in [0.1, 0.15) is 0 Å². The molecule has 4 heteroatoms. The van der Waals surface area contributed by atoms with Gasteiger partial charge < -0.3 is 0 Å². The second-order valence-corrected chi connectivity index (χ2v) is 5.89. The van der Waals surface area contributed by atoms with E-state index in [0.717, 1.165) is 29.3 Å². The zero-order valence-electron chi connectivity index (χ0n) is 11.4. The number of nitrogens with zero attached hydrogens (tertiary/aromatic N) is 2. The third-order valence-corrected chi connectivity index (χ3v) is 4.39. The second kappa shape index (κ2) is 5.75. The van der Waals surface area contributed by atoms with Gasteiger partial charge in [-0.05, 0) is 31.7 Å². The van der Waals surface area contributed by atoms with Gasteiger partial charge in [-0.15, -0.1) is 0 Å². The van der Waals surface area contributed by atoms with E-state index in [1.807, 2.05) is 37.3 Å². The minimum atomic E-state index is 0.123. The predicted molar refractivity (Wildman–Crippen MR) is 80.3 cm³/mol. The van der Waals surface area contributed by atoms with Crippen molar-refractivity contribution >= 4 is 17.5 Å². The third-order valence-electron chi connectivity index (χ3n) is 3.55. The maximum atomic E-state index is 12.1. The van der Waals surface area contributed by atoms with Gasteiger partial charge in [0.15, 0.2) is 10.9 Å². The summed E-state index contributed by atoms with van der Waals surface area (Å²) >= 11 is 1.43. The van der Waals surface area contributed by atoms with E-state index < -0.39 is 0 Å². The number of ketones is 1. The Morgan fingerprint density at radius 3 is 2.80 bits per heavy atom. The van der Waals surface area contributed by atoms with Crippen LogP contribution in [0.2, 0.25) is 0 Å². The summed E-state index contributed by atoms with van der Waals surface area (Å²) in [5.41, 5.74) is 4.30. The number of hydrogen-bond acceptors (Lipinski definition) is 4. The van der Waals surface area contributed by atoms with E-state index in [2.05, 4.69) is 9.97 Å². The molecule has 0 N–H and O–H groups in total. The molecule has 0 saturated heterocycles. The lowest BCUT2D eigenvalue weighted by molar-refractivity contribution is 0.102. The Hall–Kier alpha value is -1.68. The molecule has 0 bridgehead atoms. The van der Waals surface area contributed by atoms with Crippen LogP contribution in [0.25, 0.3) is 0 Å². The summed E-state index contributed by atoms with van der Waals surface area (Å²) in [5, 5.41) is 0.729. The molecule has 0 atom stereocenters. The van der Waals surface area contributed by atoms with Crippen molar-refractivity contribution < 1.29 is 4.79 Å². The molecule has 3 rings (SSSR count). The van der Waals surface area contributed by atoms with Crippen molar-refractivity contribution in [3.63, 3.8) is 0 Å². The van der Waals surface area contributed by atoms with Crippen LogP contribution in [0, 0.1) is 6.92 Å². The number of aryl methyl sites for hydroxylation is 2. The van der Waals surface area contributed by atoms with Crippen molar-refractivity contribution in [1.82, 2.24) is 9.97 Å². The fourth-order valence-corrected chi connectivity index (χ4v) is 3.30. The summed E-state index contributed by atoms with van der Waals surface area (Å²) in [7, 11) is 0. The Bertz CT molecular complexity index is 640. The minimum absolute atomic E-state index is 0.123. The lowest BCUT2D eigenvalue weighted by Crippen LogP contribution is -2.04. The maximum absolute atomic E-state index is 12.1. The highest BCUT2D eigenvalue weighted by atomic mass is 32.2. The van der Waals surface area contributed by atoms with E-state index in [4.69, 9.17) is 0 Å². The van der Waals surface area contributed by atoms with Crippen molar-refractivity contribution in [3.8, 4) is 0 Å². The molecule has 1 aromatic heterocycles. The SMILES string of the molecule is Cc1nc(SCC(=O)c2ccccc2)nc2c1CCC2. The van der Waals surface area contributed by atoms with Crippen LogP contribution in [0.1, 0.15) is 33.7 Å². The number of aromatic nitrogens is 2. The van der Waals surface area contributed by atoms with Crippen LogP contribution < -0.4 is 0 Å². The molecule has 0 fully saturated rings. The van der Waals surface area contributed by atoms with E-state index in [-0.39, 0.29) is 5.78 Å². The van der Waals surface area contributed by atoms with Crippen molar-refractivity contribution in [2.24, 2.45) is 0 Å². The quantitative estimate of drug-likeness (QED) is 0.491. The number of thioether (sulfide) groups is 1. The molecular weight excluding hydrogens is 268 g/mol. The standard InChI is InChI=1S/C16H16N2OS/c1-11-13-8-5-9-14(13)18-16(17-11)20-10-15(19)12-6-3-2-4-7-12/h2-4,6-7H,5,8-10H2,1H3. The Kier molecular flexibility index (Phi) is 3.83. The molecule has 0 spiro atoms. The fraction of sp³-hybridized carbons (Fsp3) is 0.312. The number of carbonyl (C=O) groups is 1. The minimum Gasteiger partial charge on any atom is -0.293 e. The highest BCUT2D eigenvalue weighted by Gasteiger charge is 2.17. The van der Waals surface area contributed by atoms with E-state index >= 15 is 0 Å². The first kappa shape index (κ1) is 13.3. The van der Waals surface area contributed by atoms with Crippen LogP contribution in [-0.2, 0) is 12.8 Å². The molecule has 0 aliphatic heterocycles. The monoisotopic (exact) mass is 284 g/mol. The van der Waals surface area contributed by atoms with Crippen molar-refractivity contribution in [2.75, 3.05) is 5.75 Å². The molecular formula is C16H16N2OS. The molecule has 1 aliphatic carbocycles. The Morgan fingerprint density at radius 2 is 2.00 bits per heavy atom. The van der Waals surface area contributed by atoms with Crippen LogP contribution in [0.15, 0.2) is 35.5 Å². The summed E-state index contributed by atoms with van der Waals surface area (Å²) in [6, 6.07) is 9.37. The molecule has 1 heterocycles. The van der Waals surface area contributed by atoms with Gasteiger partial charge in [0.2, 0.25) is 0 Å². The molecule has 0 amide bonds. The Labute approximate surface area is 122 Å². The van der Waals surface area contributed by atoms with Gasteiger partial charge in [-0.2, -0.15) is 0 Å². The number of rotatable bonds is 4. The third kappa shape index (κ3) is 2.75. The normalized spacial score (nSPS) is 13.2. The van der Waals surface area contributed by atoms with Crippen LogP contribution in [0.5, 0.6) is 0 Å². The molecule has 0 saturated carbocycles. The van der Waals surface area contributed by atoms with Crippen LogP contribution in [0.3, 0.4) is 0 Å². The van der Waals surface area contributed by atoms with Crippen molar-refractivity contribution in [3.05, 3.63) is 52.8 Å². The predicted octanol–water partition coefficient (Wildman–Crippen LogP) is 3.25. The van der Waals surface area contributed by atoms with Gasteiger partial charge in [-0.25, -0.2) is 9.97 Å². The van der Waals surface area contributed by atoms with E-state index in [9.17, 15) is 4.79 Å². The number of carbonyl (C=O) groups excluding carboxylic acids is 1.